The van der Waals surface area contributed by atoms with Gasteiger partial charge in [0.2, 0.25) is 0 Å². The molecule has 2 rings (SSSR count). The van der Waals surface area contributed by atoms with Gasteiger partial charge >= 0.3 is 0 Å². The Morgan fingerprint density at radius 1 is 1.59 bits per heavy atom. The van der Waals surface area contributed by atoms with Gasteiger partial charge in [-0.05, 0) is 18.2 Å². The zero-order valence-corrected chi connectivity index (χ0v) is 11.5. The topological polar surface area (TPSA) is 35.5 Å². The van der Waals surface area contributed by atoms with E-state index in [1.807, 2.05) is 25.1 Å². The first-order valence-corrected chi connectivity index (χ1v) is 6.39. The molecule has 0 radical (unpaired) electrons. The molecule has 0 spiro atoms. The summed E-state index contributed by atoms with van der Waals surface area (Å²) in [7, 11) is 1.66. The normalized spacial score (nSPS) is 20.6. The number of hydrogen-bond acceptors (Lipinski definition) is 3. The lowest BCUT2D eigenvalue weighted by Crippen LogP contribution is -2.34. The molecule has 0 saturated heterocycles. The third-order valence-electron chi connectivity index (χ3n) is 2.97. The van der Waals surface area contributed by atoms with Crippen LogP contribution < -0.4 is 4.74 Å². The third-order valence-corrected chi connectivity index (χ3v) is 3.46. The van der Waals surface area contributed by atoms with Crippen LogP contribution in [0.25, 0.3) is 0 Å². The second kappa shape index (κ2) is 5.19. The van der Waals surface area contributed by atoms with Gasteiger partial charge < -0.3 is 9.47 Å². The van der Waals surface area contributed by atoms with Crippen LogP contribution in [-0.2, 0) is 4.74 Å². The molecule has 0 aliphatic carbocycles. The van der Waals surface area contributed by atoms with Crippen molar-refractivity contribution in [2.75, 3.05) is 13.7 Å². The van der Waals surface area contributed by atoms with Gasteiger partial charge in [-0.25, -0.2) is 0 Å². The molecule has 2 atom stereocenters. The summed E-state index contributed by atoms with van der Waals surface area (Å²) in [6.45, 7) is 2.63. The Morgan fingerprint density at radius 2 is 2.35 bits per heavy atom. The number of benzene rings is 1. The standard InChI is InChI=1S/C13H15BrO3/c1-8(7-16-2)13-6-11(15)10-5-9(14)3-4-12(10)17-13/h3-5,8,13H,6-7H2,1-2H3. The Bertz CT molecular complexity index is 431. The minimum atomic E-state index is -0.0869. The number of carbonyl (C=O) groups is 1. The van der Waals surface area contributed by atoms with Crippen molar-refractivity contribution in [3.63, 3.8) is 0 Å². The van der Waals surface area contributed by atoms with E-state index < -0.39 is 0 Å². The molecule has 17 heavy (non-hydrogen) atoms. The zero-order valence-electron chi connectivity index (χ0n) is 9.90. The fourth-order valence-corrected chi connectivity index (χ4v) is 2.37. The van der Waals surface area contributed by atoms with Gasteiger partial charge in [-0.15, -0.1) is 0 Å². The molecule has 1 aromatic rings. The van der Waals surface area contributed by atoms with E-state index >= 15 is 0 Å². The molecule has 3 nitrogen and oxygen atoms in total. The first-order valence-electron chi connectivity index (χ1n) is 5.60. The van der Waals surface area contributed by atoms with Crippen LogP contribution in [0.5, 0.6) is 5.75 Å². The number of carbonyl (C=O) groups excluding carboxylic acids is 1. The third kappa shape index (κ3) is 2.69. The molecular formula is C13H15BrO3. The highest BCUT2D eigenvalue weighted by Gasteiger charge is 2.30. The van der Waals surface area contributed by atoms with E-state index in [1.54, 1.807) is 7.11 Å². The van der Waals surface area contributed by atoms with Gasteiger partial charge in [0.05, 0.1) is 12.2 Å². The minimum absolute atomic E-state index is 0.0869. The molecule has 0 N–H and O–H groups in total. The van der Waals surface area contributed by atoms with Crippen LogP contribution in [0.2, 0.25) is 0 Å². The SMILES string of the molecule is COCC(C)C1CC(=O)c2cc(Br)ccc2O1. The molecule has 1 heterocycles. The van der Waals surface area contributed by atoms with Gasteiger partial charge in [0.1, 0.15) is 11.9 Å². The number of methoxy groups -OCH3 is 1. The average molecular weight is 299 g/mol. The molecule has 92 valence electrons. The Kier molecular flexibility index (Phi) is 3.84. The van der Waals surface area contributed by atoms with Gasteiger partial charge in [-0.1, -0.05) is 22.9 Å². The van der Waals surface area contributed by atoms with E-state index in [2.05, 4.69) is 15.9 Å². The van der Waals surface area contributed by atoms with Crippen molar-refractivity contribution in [1.29, 1.82) is 0 Å². The monoisotopic (exact) mass is 298 g/mol. The maximum absolute atomic E-state index is 12.0. The van der Waals surface area contributed by atoms with Crippen molar-refractivity contribution >= 4 is 21.7 Å². The molecule has 2 unspecified atom stereocenters. The number of hydrogen-bond donors (Lipinski definition) is 0. The zero-order chi connectivity index (χ0) is 12.4. The van der Waals surface area contributed by atoms with Crippen molar-refractivity contribution in [3.8, 4) is 5.75 Å². The summed E-state index contributed by atoms with van der Waals surface area (Å²) in [5.41, 5.74) is 0.667. The molecule has 1 aliphatic heterocycles. The fraction of sp³-hybridized carbons (Fsp3) is 0.462. The van der Waals surface area contributed by atoms with Crippen molar-refractivity contribution in [2.45, 2.75) is 19.4 Å². The van der Waals surface area contributed by atoms with Crippen LogP contribution in [0, 0.1) is 5.92 Å². The maximum atomic E-state index is 12.0. The molecule has 0 bridgehead atoms. The first-order chi connectivity index (χ1) is 8.11. The average Bonchev–Trinajstić information content (AvgIpc) is 2.30. The number of rotatable bonds is 3. The summed E-state index contributed by atoms with van der Waals surface area (Å²) in [5, 5.41) is 0. The highest BCUT2D eigenvalue weighted by molar-refractivity contribution is 9.10. The lowest BCUT2D eigenvalue weighted by atomic mass is 9.94. The summed E-state index contributed by atoms with van der Waals surface area (Å²) in [6.07, 6.45) is 0.338. The van der Waals surface area contributed by atoms with Crippen LogP contribution in [0.3, 0.4) is 0 Å². The molecule has 1 aliphatic rings. The predicted octanol–water partition coefficient (Wildman–Crippen LogP) is 3.07. The Balaban J connectivity index is 2.21. The molecular weight excluding hydrogens is 284 g/mol. The Labute approximate surface area is 109 Å². The van der Waals surface area contributed by atoms with Crippen LogP contribution in [0.1, 0.15) is 23.7 Å². The van der Waals surface area contributed by atoms with Crippen molar-refractivity contribution < 1.29 is 14.3 Å². The largest absolute Gasteiger partial charge is 0.489 e. The highest BCUT2D eigenvalue weighted by atomic mass is 79.9. The summed E-state index contributed by atoms with van der Waals surface area (Å²) in [5.74, 6) is 1.03. The lowest BCUT2D eigenvalue weighted by Gasteiger charge is -2.29. The smallest absolute Gasteiger partial charge is 0.170 e. The summed E-state index contributed by atoms with van der Waals surface area (Å²) in [6, 6.07) is 5.54. The molecule has 0 fully saturated rings. The minimum Gasteiger partial charge on any atom is -0.489 e. The molecule has 0 amide bonds. The second-order valence-electron chi connectivity index (χ2n) is 4.36. The van der Waals surface area contributed by atoms with Gasteiger partial charge in [0.15, 0.2) is 5.78 Å². The summed E-state index contributed by atoms with van der Waals surface area (Å²) < 4.78 is 11.8. The maximum Gasteiger partial charge on any atom is 0.170 e. The Morgan fingerprint density at radius 3 is 3.06 bits per heavy atom. The fourth-order valence-electron chi connectivity index (χ4n) is 2.01. The van der Waals surface area contributed by atoms with Gasteiger partial charge in [-0.2, -0.15) is 0 Å². The van der Waals surface area contributed by atoms with Gasteiger partial charge in [-0.3, -0.25) is 4.79 Å². The molecule has 0 saturated carbocycles. The van der Waals surface area contributed by atoms with E-state index in [0.29, 0.717) is 24.3 Å². The van der Waals surface area contributed by atoms with E-state index in [1.165, 1.54) is 0 Å². The summed E-state index contributed by atoms with van der Waals surface area (Å²) >= 11 is 3.36. The quantitative estimate of drug-likeness (QED) is 0.860. The van der Waals surface area contributed by atoms with E-state index in [0.717, 1.165) is 4.47 Å². The van der Waals surface area contributed by atoms with Crippen LogP contribution in [0.4, 0.5) is 0 Å². The molecule has 4 heteroatoms. The van der Waals surface area contributed by atoms with Crippen molar-refractivity contribution in [1.82, 2.24) is 0 Å². The number of fused-ring (bicyclic) bond motifs is 1. The van der Waals surface area contributed by atoms with Crippen molar-refractivity contribution in [2.24, 2.45) is 5.92 Å². The Hall–Kier alpha value is -0.870. The van der Waals surface area contributed by atoms with Crippen LogP contribution >= 0.6 is 15.9 Å². The van der Waals surface area contributed by atoms with Gasteiger partial charge in [0, 0.05) is 23.9 Å². The van der Waals surface area contributed by atoms with Crippen LogP contribution in [0.15, 0.2) is 22.7 Å². The number of halogens is 1. The second-order valence-corrected chi connectivity index (χ2v) is 5.27. The molecule has 0 aromatic heterocycles. The number of Topliss-reactive ketones (excluding diaryl/α,β-unsaturated/α-hetero) is 1. The predicted molar refractivity (Wildman–Crippen MR) is 68.5 cm³/mol. The van der Waals surface area contributed by atoms with E-state index in [4.69, 9.17) is 9.47 Å². The van der Waals surface area contributed by atoms with E-state index in [-0.39, 0.29) is 17.8 Å². The highest BCUT2D eigenvalue weighted by Crippen LogP contribution is 2.32. The van der Waals surface area contributed by atoms with E-state index in [9.17, 15) is 4.79 Å². The number of ether oxygens (including phenoxy) is 2. The first kappa shape index (κ1) is 12.6. The van der Waals surface area contributed by atoms with Gasteiger partial charge in [0.25, 0.3) is 0 Å². The number of ketones is 1. The lowest BCUT2D eigenvalue weighted by molar-refractivity contribution is 0.0524. The molecule has 1 aromatic carbocycles. The van der Waals surface area contributed by atoms with Crippen molar-refractivity contribution in [3.05, 3.63) is 28.2 Å². The summed E-state index contributed by atoms with van der Waals surface area (Å²) in [4.78, 5) is 12.0. The van der Waals surface area contributed by atoms with Crippen LogP contribution in [-0.4, -0.2) is 25.6 Å².